The smallest absolute Gasteiger partial charge is 0.258 e. The third-order valence-corrected chi connectivity index (χ3v) is 1.94. The van der Waals surface area contributed by atoms with Crippen molar-refractivity contribution in [2.75, 3.05) is 0 Å². The highest BCUT2D eigenvalue weighted by Crippen LogP contribution is 2.28. The van der Waals surface area contributed by atoms with E-state index in [0.29, 0.717) is 23.1 Å². The van der Waals surface area contributed by atoms with Crippen LogP contribution in [0.15, 0.2) is 24.7 Å². The molecule has 0 saturated carbocycles. The average Bonchev–Trinajstić information content (AvgIpc) is 2.65. The second kappa shape index (κ2) is 3.79. The third-order valence-electron chi connectivity index (χ3n) is 1.94. The van der Waals surface area contributed by atoms with Crippen LogP contribution in [0.5, 0.6) is 0 Å². The first kappa shape index (κ1) is 11.5. The van der Waals surface area contributed by atoms with Gasteiger partial charge in [-0.05, 0) is 6.07 Å². The second-order valence-corrected chi connectivity index (χ2v) is 3.10. The van der Waals surface area contributed by atoms with Crippen molar-refractivity contribution < 1.29 is 22.0 Å². The molecule has 0 saturated heterocycles. The highest BCUT2D eigenvalue weighted by molar-refractivity contribution is 5.32. The van der Waals surface area contributed by atoms with Gasteiger partial charge in [-0.2, -0.15) is 18.3 Å². The van der Waals surface area contributed by atoms with Gasteiger partial charge in [0.05, 0.1) is 12.4 Å². The summed E-state index contributed by atoms with van der Waals surface area (Å²) < 4.78 is 63.6. The number of pyridine rings is 1. The Morgan fingerprint density at radius 2 is 1.65 bits per heavy atom. The lowest BCUT2D eigenvalue weighted by atomic mass is 10.4. The minimum atomic E-state index is -4.66. The fourth-order valence-electron chi connectivity index (χ4n) is 1.22. The van der Waals surface area contributed by atoms with Crippen LogP contribution < -0.4 is 0 Å². The van der Waals surface area contributed by atoms with E-state index < -0.39 is 29.2 Å². The number of nitrogens with zero attached hydrogens (tertiary/aromatic N) is 3. The molecular formula is C9H4F5N3. The van der Waals surface area contributed by atoms with Crippen molar-refractivity contribution >= 4 is 0 Å². The van der Waals surface area contributed by atoms with Gasteiger partial charge in [-0.15, -0.1) is 0 Å². The van der Waals surface area contributed by atoms with Crippen molar-refractivity contribution in [1.82, 2.24) is 14.8 Å². The molecule has 0 N–H and O–H groups in total. The third kappa shape index (κ3) is 2.10. The first-order chi connectivity index (χ1) is 7.89. The lowest BCUT2D eigenvalue weighted by Gasteiger charge is -2.04. The second-order valence-electron chi connectivity index (χ2n) is 3.10. The van der Waals surface area contributed by atoms with Crippen molar-refractivity contribution in [3.63, 3.8) is 0 Å². The molecule has 0 aromatic carbocycles. The van der Waals surface area contributed by atoms with Crippen LogP contribution in [-0.4, -0.2) is 14.8 Å². The molecule has 0 amide bonds. The van der Waals surface area contributed by atoms with Gasteiger partial charge >= 0.3 is 6.18 Å². The monoisotopic (exact) mass is 249 g/mol. The Kier molecular flexibility index (Phi) is 2.56. The van der Waals surface area contributed by atoms with Crippen LogP contribution in [0.25, 0.3) is 5.69 Å². The summed E-state index contributed by atoms with van der Waals surface area (Å²) in [5.41, 5.74) is -1.93. The van der Waals surface area contributed by atoms with E-state index >= 15 is 0 Å². The van der Waals surface area contributed by atoms with Crippen molar-refractivity contribution in [1.29, 1.82) is 0 Å². The fraction of sp³-hybridized carbons (Fsp3) is 0.111. The number of hydrogen-bond donors (Lipinski definition) is 0. The molecule has 0 atom stereocenters. The molecule has 0 bridgehead atoms. The van der Waals surface area contributed by atoms with Gasteiger partial charge in [0.25, 0.3) is 0 Å². The number of hydrogen-bond acceptors (Lipinski definition) is 2. The number of aromatic nitrogens is 3. The van der Waals surface area contributed by atoms with Gasteiger partial charge in [0.1, 0.15) is 5.69 Å². The summed E-state index contributed by atoms with van der Waals surface area (Å²) in [4.78, 5) is 3.21. The van der Waals surface area contributed by atoms with Crippen LogP contribution in [0.4, 0.5) is 22.0 Å². The molecule has 3 nitrogen and oxygen atoms in total. The van der Waals surface area contributed by atoms with Crippen LogP contribution in [-0.2, 0) is 6.18 Å². The van der Waals surface area contributed by atoms with Gasteiger partial charge in [0.2, 0.25) is 0 Å². The zero-order valence-corrected chi connectivity index (χ0v) is 8.04. The number of rotatable bonds is 1. The molecular weight excluding hydrogens is 245 g/mol. The normalized spacial score (nSPS) is 11.8. The van der Waals surface area contributed by atoms with E-state index in [1.54, 1.807) is 0 Å². The fourth-order valence-corrected chi connectivity index (χ4v) is 1.22. The zero-order chi connectivity index (χ0) is 12.6. The van der Waals surface area contributed by atoms with Gasteiger partial charge in [-0.25, -0.2) is 13.5 Å². The number of alkyl halides is 3. The molecule has 2 aromatic rings. The highest BCUT2D eigenvalue weighted by Gasteiger charge is 2.34. The first-order valence-electron chi connectivity index (χ1n) is 4.32. The summed E-state index contributed by atoms with van der Waals surface area (Å²) in [7, 11) is 0. The van der Waals surface area contributed by atoms with Gasteiger partial charge in [-0.1, -0.05) is 0 Å². The first-order valence-corrected chi connectivity index (χ1v) is 4.32. The maximum atomic E-state index is 13.2. The van der Waals surface area contributed by atoms with E-state index in [4.69, 9.17) is 0 Å². The van der Waals surface area contributed by atoms with Crippen molar-refractivity contribution in [2.45, 2.75) is 6.18 Å². The standard InChI is InChI=1S/C9H4F5N3/c10-5-3-15-4-6(11)8(5)17-2-1-7(16-17)9(12,13)14/h1-4H. The van der Waals surface area contributed by atoms with Crippen molar-refractivity contribution in [3.05, 3.63) is 42.0 Å². The summed E-state index contributed by atoms with van der Waals surface area (Å²) in [6.45, 7) is 0. The summed E-state index contributed by atoms with van der Waals surface area (Å²) in [5.74, 6) is -2.19. The average molecular weight is 249 g/mol. The molecule has 0 aliphatic rings. The molecule has 0 radical (unpaired) electrons. The molecule has 90 valence electrons. The maximum Gasteiger partial charge on any atom is 0.435 e. The van der Waals surface area contributed by atoms with Crippen LogP contribution in [0.2, 0.25) is 0 Å². The molecule has 0 aliphatic carbocycles. The topological polar surface area (TPSA) is 30.7 Å². The molecule has 2 aromatic heterocycles. The Balaban J connectivity index is 2.51. The van der Waals surface area contributed by atoms with Gasteiger partial charge < -0.3 is 0 Å². The molecule has 0 aliphatic heterocycles. The molecule has 2 heterocycles. The largest absolute Gasteiger partial charge is 0.435 e. The minimum Gasteiger partial charge on any atom is -0.258 e. The van der Waals surface area contributed by atoms with E-state index in [0.717, 1.165) is 6.20 Å². The predicted molar refractivity (Wildman–Crippen MR) is 46.3 cm³/mol. The summed E-state index contributed by atoms with van der Waals surface area (Å²) in [6, 6.07) is 0.624. The van der Waals surface area contributed by atoms with E-state index in [1.165, 1.54) is 0 Å². The summed E-state index contributed by atoms with van der Waals surface area (Å²) in [5, 5.41) is 3.06. The molecule has 17 heavy (non-hydrogen) atoms. The predicted octanol–water partition coefficient (Wildman–Crippen LogP) is 2.56. The number of halogens is 5. The maximum absolute atomic E-state index is 13.2. The van der Waals surface area contributed by atoms with E-state index in [-0.39, 0.29) is 0 Å². The molecule has 8 heteroatoms. The zero-order valence-electron chi connectivity index (χ0n) is 8.04. The van der Waals surface area contributed by atoms with E-state index in [1.807, 2.05) is 0 Å². The van der Waals surface area contributed by atoms with Gasteiger partial charge in [-0.3, -0.25) is 4.98 Å². The summed E-state index contributed by atoms with van der Waals surface area (Å²) >= 11 is 0. The Morgan fingerprint density at radius 3 is 2.12 bits per heavy atom. The molecule has 2 rings (SSSR count). The van der Waals surface area contributed by atoms with Crippen LogP contribution in [0.1, 0.15) is 5.69 Å². The van der Waals surface area contributed by atoms with E-state index in [2.05, 4.69) is 10.1 Å². The lowest BCUT2D eigenvalue weighted by Crippen LogP contribution is -2.09. The Bertz CT molecular complexity index is 526. The molecule has 0 unspecified atom stereocenters. The minimum absolute atomic E-state index is 0.481. The van der Waals surface area contributed by atoms with Crippen LogP contribution in [0, 0.1) is 11.6 Å². The lowest BCUT2D eigenvalue weighted by molar-refractivity contribution is -0.141. The van der Waals surface area contributed by atoms with Crippen LogP contribution in [0.3, 0.4) is 0 Å². The van der Waals surface area contributed by atoms with E-state index in [9.17, 15) is 22.0 Å². The molecule has 0 fully saturated rings. The van der Waals surface area contributed by atoms with Gasteiger partial charge in [0.15, 0.2) is 17.3 Å². The SMILES string of the molecule is Fc1cncc(F)c1-n1ccc(C(F)(F)F)n1. The highest BCUT2D eigenvalue weighted by atomic mass is 19.4. The summed E-state index contributed by atoms with van der Waals surface area (Å²) in [6.07, 6.45) is -2.46. The Hall–Kier alpha value is -1.99. The van der Waals surface area contributed by atoms with Crippen molar-refractivity contribution in [3.8, 4) is 5.69 Å². The quantitative estimate of drug-likeness (QED) is 0.727. The Labute approximate surface area is 91.5 Å². The van der Waals surface area contributed by atoms with Crippen LogP contribution >= 0.6 is 0 Å². The Morgan fingerprint density at radius 1 is 1.06 bits per heavy atom. The molecule has 0 spiro atoms. The van der Waals surface area contributed by atoms with Gasteiger partial charge in [0, 0.05) is 6.20 Å². The van der Waals surface area contributed by atoms with Crippen molar-refractivity contribution in [2.24, 2.45) is 0 Å².